The normalized spacial score (nSPS) is 14.1. The maximum Gasteiger partial charge on any atom is 0.164 e. The van der Waals surface area contributed by atoms with Crippen LogP contribution >= 0.6 is 0 Å². The highest BCUT2D eigenvalue weighted by Gasteiger charge is 2.18. The maximum absolute atomic E-state index is 5.57. The molecule has 1 aliphatic heterocycles. The molecule has 0 aliphatic carbocycles. The van der Waals surface area contributed by atoms with Crippen molar-refractivity contribution in [1.29, 1.82) is 0 Å². The first-order chi connectivity index (χ1) is 7.24. The Hall–Kier alpha value is -1.26. The second-order valence-electron chi connectivity index (χ2n) is 3.62. The minimum absolute atomic E-state index is 0.392. The average Bonchev–Trinajstić information content (AvgIpc) is 2.26. The summed E-state index contributed by atoms with van der Waals surface area (Å²) in [6, 6.07) is 1.93. The maximum atomic E-state index is 5.57. The Bertz CT molecular complexity index is 377. The molecule has 82 valence electrons. The second kappa shape index (κ2) is 4.08. The Labute approximate surface area is 88.9 Å². The third-order valence-corrected chi connectivity index (χ3v) is 2.74. The molecule has 0 fully saturated rings. The van der Waals surface area contributed by atoms with Crippen LogP contribution in [-0.2, 0) is 11.4 Å². The molecule has 0 bridgehead atoms. The van der Waals surface area contributed by atoms with Crippen LogP contribution in [0.3, 0.4) is 0 Å². The molecule has 1 aliphatic rings. The molecular weight excluding hydrogens is 194 g/mol. The van der Waals surface area contributed by atoms with E-state index in [2.05, 4.69) is 4.84 Å². The van der Waals surface area contributed by atoms with Crippen LogP contribution in [0.25, 0.3) is 0 Å². The van der Waals surface area contributed by atoms with Gasteiger partial charge in [-0.3, -0.25) is 4.84 Å². The smallest absolute Gasteiger partial charge is 0.164 e. The van der Waals surface area contributed by atoms with Crippen LogP contribution in [0, 0.1) is 13.8 Å². The van der Waals surface area contributed by atoms with Gasteiger partial charge in [-0.05, 0) is 36.6 Å². The van der Waals surface area contributed by atoms with Crippen molar-refractivity contribution in [3.05, 3.63) is 22.8 Å². The van der Waals surface area contributed by atoms with E-state index in [1.165, 1.54) is 0 Å². The van der Waals surface area contributed by atoms with Crippen LogP contribution in [-0.4, -0.2) is 13.2 Å². The summed E-state index contributed by atoms with van der Waals surface area (Å²) >= 11 is 0. The number of nitrogens with two attached hydrogens (primary N) is 1. The molecule has 15 heavy (non-hydrogen) atoms. The van der Waals surface area contributed by atoms with Crippen LogP contribution in [0.2, 0.25) is 0 Å². The fraction of sp³-hybridized carbons (Fsp3) is 0.455. The van der Waals surface area contributed by atoms with Gasteiger partial charge in [-0.2, -0.15) is 0 Å². The minimum Gasteiger partial charge on any atom is -0.486 e. The minimum atomic E-state index is 0.392. The predicted octanol–water partition coefficient (Wildman–Crippen LogP) is 1.46. The summed E-state index contributed by atoms with van der Waals surface area (Å²) in [7, 11) is 0. The van der Waals surface area contributed by atoms with Gasteiger partial charge in [-0.25, -0.2) is 5.90 Å². The van der Waals surface area contributed by atoms with Gasteiger partial charge in [0.05, 0.1) is 6.61 Å². The van der Waals surface area contributed by atoms with E-state index >= 15 is 0 Å². The molecule has 0 amide bonds. The van der Waals surface area contributed by atoms with Crippen molar-refractivity contribution in [3.63, 3.8) is 0 Å². The first kappa shape index (κ1) is 10.3. The van der Waals surface area contributed by atoms with E-state index in [-0.39, 0.29) is 0 Å². The molecule has 4 heteroatoms. The van der Waals surface area contributed by atoms with Crippen molar-refractivity contribution in [2.45, 2.75) is 20.5 Å². The summed E-state index contributed by atoms with van der Waals surface area (Å²) in [6.07, 6.45) is 0. The van der Waals surface area contributed by atoms with Crippen LogP contribution in [0.4, 0.5) is 0 Å². The quantitative estimate of drug-likeness (QED) is 0.749. The SMILES string of the molecule is Cc1c(CON)cc2c(c1C)OCCO2. The molecule has 0 saturated carbocycles. The van der Waals surface area contributed by atoms with E-state index in [9.17, 15) is 0 Å². The molecule has 0 aromatic heterocycles. The number of hydrogen-bond acceptors (Lipinski definition) is 4. The summed E-state index contributed by atoms with van der Waals surface area (Å²) in [5, 5.41) is 0. The van der Waals surface area contributed by atoms with Gasteiger partial charge in [-0.15, -0.1) is 0 Å². The molecule has 0 unspecified atom stereocenters. The molecule has 0 atom stereocenters. The van der Waals surface area contributed by atoms with Gasteiger partial charge >= 0.3 is 0 Å². The predicted molar refractivity (Wildman–Crippen MR) is 55.9 cm³/mol. The molecule has 1 heterocycles. The zero-order valence-electron chi connectivity index (χ0n) is 9.00. The lowest BCUT2D eigenvalue weighted by atomic mass is 10.0. The highest BCUT2D eigenvalue weighted by Crippen LogP contribution is 2.37. The van der Waals surface area contributed by atoms with E-state index in [1.807, 2.05) is 19.9 Å². The highest BCUT2D eigenvalue weighted by atomic mass is 16.6. The number of rotatable bonds is 2. The number of benzene rings is 1. The molecule has 2 rings (SSSR count). The van der Waals surface area contributed by atoms with E-state index in [0.29, 0.717) is 19.8 Å². The average molecular weight is 209 g/mol. The van der Waals surface area contributed by atoms with Crippen molar-refractivity contribution in [3.8, 4) is 11.5 Å². The molecule has 4 nitrogen and oxygen atoms in total. The van der Waals surface area contributed by atoms with Crippen LogP contribution < -0.4 is 15.4 Å². The molecule has 0 saturated heterocycles. The fourth-order valence-corrected chi connectivity index (χ4v) is 1.75. The Morgan fingerprint density at radius 1 is 1.27 bits per heavy atom. The van der Waals surface area contributed by atoms with Crippen molar-refractivity contribution in [2.24, 2.45) is 5.90 Å². The summed E-state index contributed by atoms with van der Waals surface area (Å²) < 4.78 is 11.1. The van der Waals surface area contributed by atoms with Crippen molar-refractivity contribution < 1.29 is 14.3 Å². The van der Waals surface area contributed by atoms with E-state index in [4.69, 9.17) is 15.4 Å². The number of ether oxygens (including phenoxy) is 2. The Morgan fingerprint density at radius 2 is 2.00 bits per heavy atom. The largest absolute Gasteiger partial charge is 0.486 e. The van der Waals surface area contributed by atoms with E-state index < -0.39 is 0 Å². The fourth-order valence-electron chi connectivity index (χ4n) is 1.75. The summed E-state index contributed by atoms with van der Waals surface area (Å²) in [5.74, 6) is 6.72. The Kier molecular flexibility index (Phi) is 2.79. The van der Waals surface area contributed by atoms with Gasteiger partial charge < -0.3 is 9.47 Å². The van der Waals surface area contributed by atoms with Crippen molar-refractivity contribution in [1.82, 2.24) is 0 Å². The lowest BCUT2D eigenvalue weighted by Gasteiger charge is -2.22. The third-order valence-electron chi connectivity index (χ3n) is 2.74. The topological polar surface area (TPSA) is 53.7 Å². The third kappa shape index (κ3) is 1.78. The molecule has 1 aromatic rings. The van der Waals surface area contributed by atoms with E-state index in [1.54, 1.807) is 0 Å². The van der Waals surface area contributed by atoms with Crippen molar-refractivity contribution >= 4 is 0 Å². The van der Waals surface area contributed by atoms with Gasteiger partial charge in [0.1, 0.15) is 13.2 Å². The van der Waals surface area contributed by atoms with Gasteiger partial charge in [0.25, 0.3) is 0 Å². The zero-order chi connectivity index (χ0) is 10.8. The van der Waals surface area contributed by atoms with E-state index in [0.717, 1.165) is 28.2 Å². The monoisotopic (exact) mass is 209 g/mol. The molecule has 0 radical (unpaired) electrons. The molecule has 2 N–H and O–H groups in total. The van der Waals surface area contributed by atoms with Crippen LogP contribution in [0.15, 0.2) is 6.07 Å². The summed E-state index contributed by atoms with van der Waals surface area (Å²) in [5.41, 5.74) is 3.28. The van der Waals surface area contributed by atoms with Gasteiger partial charge in [-0.1, -0.05) is 0 Å². The highest BCUT2D eigenvalue weighted by molar-refractivity contribution is 5.53. The van der Waals surface area contributed by atoms with Gasteiger partial charge in [0.2, 0.25) is 0 Å². The summed E-state index contributed by atoms with van der Waals surface area (Å²) in [4.78, 5) is 4.66. The zero-order valence-corrected chi connectivity index (χ0v) is 9.00. The number of fused-ring (bicyclic) bond motifs is 1. The Morgan fingerprint density at radius 3 is 2.73 bits per heavy atom. The van der Waals surface area contributed by atoms with Crippen LogP contribution in [0.5, 0.6) is 11.5 Å². The second-order valence-corrected chi connectivity index (χ2v) is 3.62. The van der Waals surface area contributed by atoms with Gasteiger partial charge in [0.15, 0.2) is 11.5 Å². The Balaban J connectivity index is 2.47. The van der Waals surface area contributed by atoms with Gasteiger partial charge in [0, 0.05) is 0 Å². The van der Waals surface area contributed by atoms with Crippen LogP contribution in [0.1, 0.15) is 16.7 Å². The number of hydrogen-bond donors (Lipinski definition) is 1. The van der Waals surface area contributed by atoms with Crippen molar-refractivity contribution in [2.75, 3.05) is 13.2 Å². The first-order valence-corrected chi connectivity index (χ1v) is 4.94. The molecular formula is C11H15NO3. The standard InChI is InChI=1S/C11H15NO3/c1-7-8(2)11-10(13-3-4-14-11)5-9(7)6-15-12/h5H,3-4,6,12H2,1-2H3. The molecule has 0 spiro atoms. The first-order valence-electron chi connectivity index (χ1n) is 4.94. The lowest BCUT2D eigenvalue weighted by Crippen LogP contribution is -2.17. The summed E-state index contributed by atoms with van der Waals surface area (Å²) in [6.45, 7) is 5.65. The molecule has 1 aromatic carbocycles. The lowest BCUT2D eigenvalue weighted by molar-refractivity contribution is 0.122.